The minimum atomic E-state index is -0.0948. The van der Waals surface area contributed by atoms with Crippen LogP contribution in [0.5, 0.6) is 0 Å². The molecular formula is C28H28Cl2N4OS. The zero-order valence-electron chi connectivity index (χ0n) is 19.9. The van der Waals surface area contributed by atoms with Gasteiger partial charge in [0, 0.05) is 49.0 Å². The highest BCUT2D eigenvalue weighted by molar-refractivity contribution is 8.04. The maximum Gasteiger partial charge on any atom is 0.261 e. The predicted octanol–water partition coefficient (Wildman–Crippen LogP) is 6.22. The number of thioether (sulfide) groups is 1. The van der Waals surface area contributed by atoms with Crippen molar-refractivity contribution in [3.8, 4) is 0 Å². The average molecular weight is 540 g/mol. The minimum absolute atomic E-state index is 0.0601. The number of halogens is 2. The van der Waals surface area contributed by atoms with E-state index in [1.807, 2.05) is 77.8 Å². The molecule has 0 bridgehead atoms. The van der Waals surface area contributed by atoms with Gasteiger partial charge in [0.15, 0.2) is 0 Å². The molecule has 3 aromatic rings. The molecule has 5 rings (SSSR count). The SMILES string of the molecule is O=C1/C(=C/c2cccc(Cl)c2)SC(c2cccc(Cl)c2)N1CCCN1CCN(c2ccccn2)CC1. The van der Waals surface area contributed by atoms with E-state index in [9.17, 15) is 4.79 Å². The Morgan fingerprint density at radius 3 is 2.42 bits per heavy atom. The van der Waals surface area contributed by atoms with E-state index in [2.05, 4.69) is 20.9 Å². The third-order valence-electron chi connectivity index (χ3n) is 6.49. The molecular weight excluding hydrogens is 511 g/mol. The van der Waals surface area contributed by atoms with Gasteiger partial charge in [0.1, 0.15) is 11.2 Å². The molecule has 1 aromatic heterocycles. The van der Waals surface area contributed by atoms with Gasteiger partial charge in [0.05, 0.1) is 4.91 Å². The first-order valence-corrected chi connectivity index (χ1v) is 13.8. The Morgan fingerprint density at radius 2 is 1.69 bits per heavy atom. The summed E-state index contributed by atoms with van der Waals surface area (Å²) in [5.74, 6) is 1.10. The number of pyridine rings is 1. The summed E-state index contributed by atoms with van der Waals surface area (Å²) >= 11 is 14.0. The number of hydrogen-bond acceptors (Lipinski definition) is 5. The van der Waals surface area contributed by atoms with Crippen LogP contribution in [0.2, 0.25) is 10.0 Å². The van der Waals surface area contributed by atoms with Crippen LogP contribution < -0.4 is 4.90 Å². The highest BCUT2D eigenvalue weighted by atomic mass is 35.5. The molecule has 8 heteroatoms. The number of carbonyl (C=O) groups excluding carboxylic acids is 1. The molecule has 2 aliphatic heterocycles. The van der Waals surface area contributed by atoms with Crippen LogP contribution in [0.3, 0.4) is 0 Å². The largest absolute Gasteiger partial charge is 0.354 e. The Bertz CT molecular complexity index is 1230. The number of aromatic nitrogens is 1. The second-order valence-corrected chi connectivity index (χ2v) is 11.0. The van der Waals surface area contributed by atoms with Crippen LogP contribution in [-0.4, -0.2) is 60.0 Å². The first-order valence-electron chi connectivity index (χ1n) is 12.2. The Morgan fingerprint density at radius 1 is 0.917 bits per heavy atom. The zero-order chi connectivity index (χ0) is 24.9. The van der Waals surface area contributed by atoms with E-state index < -0.39 is 0 Å². The highest BCUT2D eigenvalue weighted by Crippen LogP contribution is 2.46. The normalized spacial score (nSPS) is 19.9. The number of hydrogen-bond donors (Lipinski definition) is 0. The summed E-state index contributed by atoms with van der Waals surface area (Å²) in [6.07, 6.45) is 4.70. The first kappa shape index (κ1) is 25.2. The maximum atomic E-state index is 13.5. The van der Waals surface area contributed by atoms with Crippen LogP contribution in [-0.2, 0) is 4.79 Å². The molecule has 0 aliphatic carbocycles. The van der Waals surface area contributed by atoms with Crippen LogP contribution in [0.4, 0.5) is 5.82 Å². The lowest BCUT2D eigenvalue weighted by molar-refractivity contribution is -0.126. The van der Waals surface area contributed by atoms with Crippen LogP contribution >= 0.6 is 35.0 Å². The number of benzene rings is 2. The molecule has 0 radical (unpaired) electrons. The highest BCUT2D eigenvalue weighted by Gasteiger charge is 2.37. The predicted molar refractivity (Wildman–Crippen MR) is 150 cm³/mol. The number of piperazine rings is 1. The van der Waals surface area contributed by atoms with E-state index >= 15 is 0 Å². The molecule has 2 aromatic carbocycles. The van der Waals surface area contributed by atoms with Gasteiger partial charge in [-0.3, -0.25) is 9.69 Å². The van der Waals surface area contributed by atoms with Gasteiger partial charge in [-0.25, -0.2) is 4.98 Å². The van der Waals surface area contributed by atoms with Crippen molar-refractivity contribution in [1.82, 2.24) is 14.8 Å². The Balaban J connectivity index is 1.24. The fourth-order valence-electron chi connectivity index (χ4n) is 4.66. The lowest BCUT2D eigenvalue weighted by atomic mass is 10.2. The van der Waals surface area contributed by atoms with Crippen LogP contribution in [0.1, 0.15) is 22.9 Å². The summed E-state index contributed by atoms with van der Waals surface area (Å²) in [6, 6.07) is 21.4. The van der Waals surface area contributed by atoms with Crippen molar-refractivity contribution in [2.45, 2.75) is 11.8 Å². The Labute approximate surface area is 226 Å². The van der Waals surface area contributed by atoms with Gasteiger partial charge < -0.3 is 9.80 Å². The molecule has 2 aliphatic rings. The molecule has 2 fully saturated rings. The fourth-order valence-corrected chi connectivity index (χ4v) is 6.33. The molecule has 1 amide bonds. The summed E-state index contributed by atoms with van der Waals surface area (Å²) in [5, 5.41) is 1.24. The molecule has 36 heavy (non-hydrogen) atoms. The van der Waals surface area contributed by atoms with E-state index in [1.54, 1.807) is 11.8 Å². The van der Waals surface area contributed by atoms with E-state index in [1.165, 1.54) is 0 Å². The first-order chi connectivity index (χ1) is 17.6. The molecule has 0 saturated carbocycles. The quantitative estimate of drug-likeness (QED) is 0.334. The van der Waals surface area contributed by atoms with Crippen molar-refractivity contribution in [2.75, 3.05) is 44.2 Å². The second-order valence-electron chi connectivity index (χ2n) is 8.96. The van der Waals surface area contributed by atoms with E-state index in [0.717, 1.165) is 61.0 Å². The van der Waals surface area contributed by atoms with E-state index in [0.29, 0.717) is 16.6 Å². The lowest BCUT2D eigenvalue weighted by Crippen LogP contribution is -2.47. The Kier molecular flexibility index (Phi) is 8.17. The van der Waals surface area contributed by atoms with Crippen LogP contribution in [0.25, 0.3) is 6.08 Å². The summed E-state index contributed by atoms with van der Waals surface area (Å²) in [7, 11) is 0. The average Bonchev–Trinajstić information content (AvgIpc) is 3.20. The van der Waals surface area contributed by atoms with Gasteiger partial charge in [-0.05, 0) is 66.6 Å². The summed E-state index contributed by atoms with van der Waals surface area (Å²) in [6.45, 7) is 5.57. The monoisotopic (exact) mass is 538 g/mol. The van der Waals surface area contributed by atoms with Gasteiger partial charge in [0.2, 0.25) is 0 Å². The zero-order valence-corrected chi connectivity index (χ0v) is 22.2. The summed E-state index contributed by atoms with van der Waals surface area (Å²) in [4.78, 5) is 25.5. The van der Waals surface area contributed by atoms with E-state index in [-0.39, 0.29) is 11.3 Å². The third kappa shape index (κ3) is 6.06. The molecule has 0 N–H and O–H groups in total. The van der Waals surface area contributed by atoms with Crippen molar-refractivity contribution in [3.63, 3.8) is 0 Å². The number of rotatable bonds is 7. The number of amides is 1. The molecule has 2 saturated heterocycles. The molecule has 3 heterocycles. The van der Waals surface area contributed by atoms with Crippen LogP contribution in [0.15, 0.2) is 77.8 Å². The second kappa shape index (κ2) is 11.7. The number of anilines is 1. The Hall–Kier alpha value is -2.51. The van der Waals surface area contributed by atoms with Gasteiger partial charge in [-0.2, -0.15) is 0 Å². The smallest absolute Gasteiger partial charge is 0.261 e. The van der Waals surface area contributed by atoms with Crippen molar-refractivity contribution in [1.29, 1.82) is 0 Å². The standard InChI is InChI=1S/C28H28Cl2N4OS/c29-23-8-3-6-21(18-23)19-25-27(35)34(28(36-25)22-7-4-9-24(30)20-22)13-5-12-32-14-16-33(17-15-32)26-10-1-2-11-31-26/h1-4,6-11,18-20,28H,5,12-17H2/b25-19-. The van der Waals surface area contributed by atoms with Gasteiger partial charge >= 0.3 is 0 Å². The number of carbonyl (C=O) groups is 1. The maximum absolute atomic E-state index is 13.5. The van der Waals surface area contributed by atoms with Gasteiger partial charge in [-0.15, -0.1) is 0 Å². The molecule has 5 nitrogen and oxygen atoms in total. The van der Waals surface area contributed by atoms with Crippen molar-refractivity contribution < 1.29 is 4.79 Å². The van der Waals surface area contributed by atoms with Crippen molar-refractivity contribution in [3.05, 3.63) is 99.0 Å². The lowest BCUT2D eigenvalue weighted by Gasteiger charge is -2.35. The molecule has 1 unspecified atom stereocenters. The molecule has 1 atom stereocenters. The van der Waals surface area contributed by atoms with Gasteiger partial charge in [-0.1, -0.05) is 65.3 Å². The van der Waals surface area contributed by atoms with Gasteiger partial charge in [0.25, 0.3) is 5.91 Å². The number of nitrogens with zero attached hydrogens (tertiary/aromatic N) is 4. The summed E-state index contributed by atoms with van der Waals surface area (Å²) in [5.41, 5.74) is 1.97. The molecule has 186 valence electrons. The topological polar surface area (TPSA) is 39.7 Å². The van der Waals surface area contributed by atoms with Crippen LogP contribution in [0, 0.1) is 0 Å². The summed E-state index contributed by atoms with van der Waals surface area (Å²) < 4.78 is 0. The molecule has 0 spiro atoms. The fraction of sp³-hybridized carbons (Fsp3) is 0.286. The van der Waals surface area contributed by atoms with Crippen molar-refractivity contribution >= 4 is 52.8 Å². The minimum Gasteiger partial charge on any atom is -0.354 e. The third-order valence-corrected chi connectivity index (χ3v) is 8.26. The van der Waals surface area contributed by atoms with Crippen molar-refractivity contribution in [2.24, 2.45) is 0 Å². The van der Waals surface area contributed by atoms with E-state index in [4.69, 9.17) is 23.2 Å².